The summed E-state index contributed by atoms with van der Waals surface area (Å²) in [6.45, 7) is 0. The molecule has 2 aromatic heterocycles. The van der Waals surface area contributed by atoms with Crippen LogP contribution in [0.1, 0.15) is 16.1 Å². The molecule has 0 bridgehead atoms. The minimum absolute atomic E-state index is 0.165. The zero-order valence-electron chi connectivity index (χ0n) is 14.5. The Labute approximate surface area is 165 Å². The summed E-state index contributed by atoms with van der Waals surface area (Å²) >= 11 is 1.04. The van der Waals surface area contributed by atoms with Crippen LogP contribution >= 0.6 is 11.3 Å². The predicted molar refractivity (Wildman–Crippen MR) is 103 cm³/mol. The lowest BCUT2D eigenvalue weighted by Gasteiger charge is -2.07. The van der Waals surface area contributed by atoms with E-state index in [1.54, 1.807) is 24.3 Å². The van der Waals surface area contributed by atoms with Gasteiger partial charge in [0.25, 0.3) is 5.91 Å². The van der Waals surface area contributed by atoms with Crippen molar-refractivity contribution in [1.29, 1.82) is 0 Å². The summed E-state index contributed by atoms with van der Waals surface area (Å²) in [5.41, 5.74) is -0.313. The van der Waals surface area contributed by atoms with E-state index in [-0.39, 0.29) is 33.2 Å². The zero-order valence-corrected chi connectivity index (χ0v) is 15.3. The second-order valence-corrected chi connectivity index (χ2v) is 6.90. The van der Waals surface area contributed by atoms with E-state index >= 15 is 0 Å². The number of hydrogen-bond donors (Lipinski definition) is 1. The molecule has 4 rings (SSSR count). The maximum atomic E-state index is 12.9. The Balaban J connectivity index is 1.58. The second-order valence-electron chi connectivity index (χ2n) is 6.04. The Kier molecular flexibility index (Phi) is 4.67. The highest BCUT2D eigenvalue weighted by molar-refractivity contribution is 7.14. The van der Waals surface area contributed by atoms with Gasteiger partial charge in [0.2, 0.25) is 0 Å². The molecule has 1 amide bonds. The highest BCUT2D eigenvalue weighted by Crippen LogP contribution is 2.33. The molecule has 2 aromatic carbocycles. The molecule has 0 atom stereocenters. The van der Waals surface area contributed by atoms with Crippen LogP contribution in [0.2, 0.25) is 0 Å². The molecule has 0 aliphatic carbocycles. The number of para-hydroxylation sites is 1. The summed E-state index contributed by atoms with van der Waals surface area (Å²) in [7, 11) is 0. The van der Waals surface area contributed by atoms with Gasteiger partial charge in [0.15, 0.2) is 16.3 Å². The molecule has 0 spiro atoms. The normalized spacial score (nSPS) is 11.6. The molecule has 0 fully saturated rings. The van der Waals surface area contributed by atoms with Gasteiger partial charge in [-0.1, -0.05) is 24.3 Å². The number of amides is 1. The maximum Gasteiger partial charge on any atom is 0.416 e. The smallest absolute Gasteiger partial charge is 0.416 e. The van der Waals surface area contributed by atoms with Gasteiger partial charge < -0.3 is 4.42 Å². The molecule has 146 valence electrons. The first-order valence-corrected chi connectivity index (χ1v) is 9.16. The number of thiazole rings is 1. The Hall–Kier alpha value is -3.46. The number of alkyl halides is 3. The number of anilines is 1. The number of fused-ring (bicyclic) bond motifs is 1. The molecule has 5 nitrogen and oxygen atoms in total. The SMILES string of the molecule is O=C(Nc1nc(-c2cccc(C(F)(F)F)c2)cs1)c1cc(=O)c2ccccc2o1. The van der Waals surface area contributed by atoms with E-state index < -0.39 is 17.6 Å². The average molecular weight is 416 g/mol. The quantitative estimate of drug-likeness (QED) is 0.499. The molecule has 0 saturated heterocycles. The Morgan fingerprint density at radius 3 is 2.66 bits per heavy atom. The van der Waals surface area contributed by atoms with E-state index in [0.717, 1.165) is 29.5 Å². The number of halogens is 3. The Bertz CT molecular complexity index is 1280. The monoisotopic (exact) mass is 416 g/mol. The van der Waals surface area contributed by atoms with Crippen molar-refractivity contribution in [2.75, 3.05) is 5.32 Å². The number of aromatic nitrogens is 1. The van der Waals surface area contributed by atoms with Crippen LogP contribution in [0.25, 0.3) is 22.2 Å². The number of hydrogen-bond acceptors (Lipinski definition) is 5. The van der Waals surface area contributed by atoms with Crippen molar-refractivity contribution in [2.45, 2.75) is 6.18 Å². The van der Waals surface area contributed by atoms with Gasteiger partial charge >= 0.3 is 6.18 Å². The molecule has 29 heavy (non-hydrogen) atoms. The van der Waals surface area contributed by atoms with Crippen LogP contribution in [-0.2, 0) is 6.18 Å². The number of rotatable bonds is 3. The third-order valence-corrected chi connectivity index (χ3v) is 4.83. The van der Waals surface area contributed by atoms with Crippen molar-refractivity contribution >= 4 is 33.3 Å². The number of nitrogens with zero attached hydrogens (tertiary/aromatic N) is 1. The third kappa shape index (κ3) is 3.90. The lowest BCUT2D eigenvalue weighted by molar-refractivity contribution is -0.137. The fourth-order valence-corrected chi connectivity index (χ4v) is 3.41. The molecule has 0 saturated carbocycles. The van der Waals surface area contributed by atoms with Gasteiger partial charge in [-0.2, -0.15) is 13.2 Å². The summed E-state index contributed by atoms with van der Waals surface area (Å²) < 4.78 is 44.1. The highest BCUT2D eigenvalue weighted by atomic mass is 32.1. The number of nitrogens with one attached hydrogen (secondary N) is 1. The van der Waals surface area contributed by atoms with Crippen LogP contribution in [-0.4, -0.2) is 10.9 Å². The van der Waals surface area contributed by atoms with Crippen molar-refractivity contribution in [3.63, 3.8) is 0 Å². The Morgan fingerprint density at radius 1 is 1.07 bits per heavy atom. The van der Waals surface area contributed by atoms with Crippen molar-refractivity contribution in [3.05, 3.63) is 81.5 Å². The molecular formula is C20H11F3N2O3S. The lowest BCUT2D eigenvalue weighted by atomic mass is 10.1. The maximum absolute atomic E-state index is 12.9. The molecule has 0 unspecified atom stereocenters. The first-order valence-electron chi connectivity index (χ1n) is 8.29. The minimum atomic E-state index is -4.46. The van der Waals surface area contributed by atoms with Gasteiger partial charge in [-0.3, -0.25) is 14.9 Å². The first-order chi connectivity index (χ1) is 13.8. The van der Waals surface area contributed by atoms with E-state index in [9.17, 15) is 22.8 Å². The third-order valence-electron chi connectivity index (χ3n) is 4.07. The number of carbonyl (C=O) groups excluding carboxylic acids is 1. The summed E-state index contributed by atoms with van der Waals surface area (Å²) in [6.07, 6.45) is -4.46. The van der Waals surface area contributed by atoms with Crippen molar-refractivity contribution in [3.8, 4) is 11.3 Å². The van der Waals surface area contributed by atoms with Crippen molar-refractivity contribution in [1.82, 2.24) is 4.98 Å². The van der Waals surface area contributed by atoms with Crippen LogP contribution in [0.15, 0.2) is 69.2 Å². The van der Waals surface area contributed by atoms with E-state index in [0.29, 0.717) is 5.39 Å². The fourth-order valence-electron chi connectivity index (χ4n) is 2.69. The summed E-state index contributed by atoms with van der Waals surface area (Å²) in [4.78, 5) is 28.7. The molecule has 0 aliphatic rings. The van der Waals surface area contributed by atoms with E-state index in [1.165, 1.54) is 17.5 Å². The summed E-state index contributed by atoms with van der Waals surface area (Å²) in [5.74, 6) is -0.873. The fraction of sp³-hybridized carbons (Fsp3) is 0.0500. The predicted octanol–water partition coefficient (Wildman–Crippen LogP) is 5.19. The first kappa shape index (κ1) is 18.9. The topological polar surface area (TPSA) is 72.2 Å². The summed E-state index contributed by atoms with van der Waals surface area (Å²) in [6, 6.07) is 12.4. The van der Waals surface area contributed by atoms with Crippen LogP contribution < -0.4 is 10.7 Å². The average Bonchev–Trinajstić information content (AvgIpc) is 3.16. The van der Waals surface area contributed by atoms with E-state index in [4.69, 9.17) is 4.42 Å². The van der Waals surface area contributed by atoms with Crippen molar-refractivity contribution < 1.29 is 22.4 Å². The van der Waals surface area contributed by atoms with Gasteiger partial charge in [0.05, 0.1) is 16.6 Å². The standard InChI is InChI=1S/C20H11F3N2O3S/c21-20(22,23)12-5-3-4-11(8-12)14-10-29-19(24-14)25-18(27)17-9-15(26)13-6-1-2-7-16(13)28-17/h1-10H,(H,24,25,27). The zero-order chi connectivity index (χ0) is 20.6. The van der Waals surface area contributed by atoms with Crippen LogP contribution in [0.3, 0.4) is 0 Å². The van der Waals surface area contributed by atoms with Crippen LogP contribution in [0.5, 0.6) is 0 Å². The molecule has 1 N–H and O–H groups in total. The van der Waals surface area contributed by atoms with Gasteiger partial charge in [0.1, 0.15) is 5.58 Å². The molecule has 0 aliphatic heterocycles. The molecule has 9 heteroatoms. The highest BCUT2D eigenvalue weighted by Gasteiger charge is 2.30. The number of benzene rings is 2. The molecule has 0 radical (unpaired) electrons. The van der Waals surface area contributed by atoms with Gasteiger partial charge in [-0.25, -0.2) is 4.98 Å². The van der Waals surface area contributed by atoms with E-state index in [2.05, 4.69) is 10.3 Å². The minimum Gasteiger partial charge on any atom is -0.451 e. The Morgan fingerprint density at radius 2 is 1.86 bits per heavy atom. The lowest BCUT2D eigenvalue weighted by Crippen LogP contribution is -2.14. The van der Waals surface area contributed by atoms with Crippen LogP contribution in [0.4, 0.5) is 18.3 Å². The second kappa shape index (κ2) is 7.17. The largest absolute Gasteiger partial charge is 0.451 e. The summed E-state index contributed by atoms with van der Waals surface area (Å²) in [5, 5.41) is 4.55. The van der Waals surface area contributed by atoms with Gasteiger partial charge in [-0.15, -0.1) is 11.3 Å². The number of carbonyl (C=O) groups is 1. The molecular weight excluding hydrogens is 405 g/mol. The van der Waals surface area contributed by atoms with Crippen molar-refractivity contribution in [2.24, 2.45) is 0 Å². The van der Waals surface area contributed by atoms with Gasteiger partial charge in [0, 0.05) is 17.0 Å². The van der Waals surface area contributed by atoms with E-state index in [1.807, 2.05) is 0 Å². The molecule has 2 heterocycles. The molecule has 4 aromatic rings. The van der Waals surface area contributed by atoms with Gasteiger partial charge in [-0.05, 0) is 24.3 Å². The van der Waals surface area contributed by atoms with Crippen LogP contribution in [0, 0.1) is 0 Å².